The third kappa shape index (κ3) is 4.15. The molecule has 0 saturated heterocycles. The molecule has 140 valence electrons. The van der Waals surface area contributed by atoms with Crippen molar-refractivity contribution in [2.24, 2.45) is 5.92 Å². The molecule has 1 N–H and O–H groups in total. The Bertz CT molecular complexity index is 924. The predicted octanol–water partition coefficient (Wildman–Crippen LogP) is 4.41. The summed E-state index contributed by atoms with van der Waals surface area (Å²) in [6.07, 6.45) is 6.15. The highest BCUT2D eigenvalue weighted by atomic mass is 32.1. The molecule has 1 heterocycles. The van der Waals surface area contributed by atoms with Gasteiger partial charge in [0.1, 0.15) is 11.1 Å². The lowest BCUT2D eigenvalue weighted by molar-refractivity contribution is -0.111. The van der Waals surface area contributed by atoms with Crippen molar-refractivity contribution in [3.05, 3.63) is 45.8 Å². The molecule has 6 heteroatoms. The number of hydrogen-bond acceptors (Lipinski definition) is 5. The summed E-state index contributed by atoms with van der Waals surface area (Å²) in [4.78, 5) is 13.6. The number of carbonyl (C=O) groups is 1. The molecule has 0 aliphatic heterocycles. The first-order valence-electron chi connectivity index (χ1n) is 8.81. The number of rotatable bonds is 5. The predicted molar refractivity (Wildman–Crippen MR) is 107 cm³/mol. The minimum atomic E-state index is -0.257. The van der Waals surface area contributed by atoms with Crippen molar-refractivity contribution in [1.82, 2.24) is 0 Å². The summed E-state index contributed by atoms with van der Waals surface area (Å²) in [7, 11) is 3.15. The van der Waals surface area contributed by atoms with Crippen molar-refractivity contribution in [2.75, 3.05) is 19.5 Å². The molecule has 3 rings (SSSR count). The number of hydrogen-bond donors (Lipinski definition) is 1. The molecule has 1 aromatic carbocycles. The Morgan fingerprint density at radius 3 is 2.81 bits per heavy atom. The number of nitriles is 1. The molecule has 0 unspecified atom stereocenters. The normalized spacial score (nSPS) is 15.9. The van der Waals surface area contributed by atoms with Gasteiger partial charge >= 0.3 is 0 Å². The SMILES string of the molecule is COc1ccc(/C=C\C(=O)Nc2sc3c(c2C#N)CC[C@H](C)C3)cc1OC. The van der Waals surface area contributed by atoms with Crippen LogP contribution in [0.1, 0.15) is 34.9 Å². The molecule has 1 atom stereocenters. The Balaban J connectivity index is 1.75. The van der Waals surface area contributed by atoms with Crippen LogP contribution in [-0.4, -0.2) is 20.1 Å². The minimum Gasteiger partial charge on any atom is -0.493 e. The van der Waals surface area contributed by atoms with E-state index in [2.05, 4.69) is 18.3 Å². The summed E-state index contributed by atoms with van der Waals surface area (Å²) in [6, 6.07) is 7.70. The Morgan fingerprint density at radius 2 is 2.11 bits per heavy atom. The fraction of sp³-hybridized carbons (Fsp3) is 0.333. The van der Waals surface area contributed by atoms with Crippen LogP contribution in [0.3, 0.4) is 0 Å². The number of thiophene rings is 1. The van der Waals surface area contributed by atoms with Gasteiger partial charge in [-0.25, -0.2) is 0 Å². The maximum atomic E-state index is 12.4. The lowest BCUT2D eigenvalue weighted by Crippen LogP contribution is -2.10. The van der Waals surface area contributed by atoms with Crippen LogP contribution in [0.5, 0.6) is 11.5 Å². The van der Waals surface area contributed by atoms with Gasteiger partial charge in [0.05, 0.1) is 19.8 Å². The smallest absolute Gasteiger partial charge is 0.249 e. The fourth-order valence-electron chi connectivity index (χ4n) is 3.24. The quantitative estimate of drug-likeness (QED) is 0.778. The van der Waals surface area contributed by atoms with Crippen LogP contribution in [0.2, 0.25) is 0 Å². The second-order valence-electron chi connectivity index (χ2n) is 6.60. The van der Waals surface area contributed by atoms with Crippen LogP contribution in [0.15, 0.2) is 24.3 Å². The van der Waals surface area contributed by atoms with Crippen LogP contribution < -0.4 is 14.8 Å². The molecule has 2 aromatic rings. The van der Waals surface area contributed by atoms with Gasteiger partial charge in [0, 0.05) is 11.0 Å². The van der Waals surface area contributed by atoms with Crippen molar-refractivity contribution in [3.8, 4) is 17.6 Å². The monoisotopic (exact) mass is 382 g/mol. The van der Waals surface area contributed by atoms with Gasteiger partial charge in [0.2, 0.25) is 5.91 Å². The van der Waals surface area contributed by atoms with Crippen LogP contribution in [0, 0.1) is 17.2 Å². The molecule has 1 aromatic heterocycles. The zero-order valence-corrected chi connectivity index (χ0v) is 16.5. The molecule has 0 fully saturated rings. The van der Waals surface area contributed by atoms with E-state index in [1.54, 1.807) is 32.4 Å². The standard InChI is InChI=1S/C21H22N2O3S/c1-13-4-7-15-16(12-22)21(27-19(15)10-13)23-20(24)9-6-14-5-8-17(25-2)18(11-14)26-3/h5-6,8-9,11,13H,4,7,10H2,1-3H3,(H,23,24)/b9-6-/t13-/m0/s1. The number of nitrogens with one attached hydrogen (secondary N) is 1. The van der Waals surface area contributed by atoms with E-state index >= 15 is 0 Å². The van der Waals surface area contributed by atoms with Gasteiger partial charge in [-0.05, 0) is 54.5 Å². The lowest BCUT2D eigenvalue weighted by Gasteiger charge is -2.17. The zero-order chi connectivity index (χ0) is 19.4. The summed E-state index contributed by atoms with van der Waals surface area (Å²) in [5.74, 6) is 1.60. The number of fused-ring (bicyclic) bond motifs is 1. The van der Waals surface area contributed by atoms with Gasteiger partial charge < -0.3 is 14.8 Å². The molecule has 0 saturated carbocycles. The summed E-state index contributed by atoms with van der Waals surface area (Å²) in [5.41, 5.74) is 2.55. The van der Waals surface area contributed by atoms with Gasteiger partial charge in [0.15, 0.2) is 11.5 Å². The van der Waals surface area contributed by atoms with Gasteiger partial charge in [-0.2, -0.15) is 5.26 Å². The van der Waals surface area contributed by atoms with E-state index in [1.807, 2.05) is 6.07 Å². The number of carbonyl (C=O) groups excluding carboxylic acids is 1. The minimum absolute atomic E-state index is 0.257. The molecule has 0 radical (unpaired) electrons. The molecule has 0 bridgehead atoms. The number of methoxy groups -OCH3 is 2. The lowest BCUT2D eigenvalue weighted by atomic mass is 9.89. The van der Waals surface area contributed by atoms with E-state index in [0.717, 1.165) is 30.4 Å². The van der Waals surface area contributed by atoms with Crippen LogP contribution in [-0.2, 0) is 17.6 Å². The molecule has 27 heavy (non-hydrogen) atoms. The van der Waals surface area contributed by atoms with E-state index in [9.17, 15) is 10.1 Å². The average Bonchev–Trinajstić information content (AvgIpc) is 3.01. The first-order valence-corrected chi connectivity index (χ1v) is 9.63. The van der Waals surface area contributed by atoms with Gasteiger partial charge in [-0.1, -0.05) is 13.0 Å². The molecule has 1 amide bonds. The fourth-order valence-corrected chi connectivity index (χ4v) is 4.60. The van der Waals surface area contributed by atoms with Crippen molar-refractivity contribution in [1.29, 1.82) is 5.26 Å². The highest BCUT2D eigenvalue weighted by Crippen LogP contribution is 2.39. The van der Waals surface area contributed by atoms with Crippen molar-refractivity contribution in [3.63, 3.8) is 0 Å². The number of ether oxygens (including phenoxy) is 2. The Kier molecular flexibility index (Phi) is 5.82. The Morgan fingerprint density at radius 1 is 1.33 bits per heavy atom. The Labute approximate surface area is 163 Å². The summed E-state index contributed by atoms with van der Waals surface area (Å²) >= 11 is 1.53. The first-order chi connectivity index (χ1) is 13.0. The highest BCUT2D eigenvalue weighted by molar-refractivity contribution is 7.16. The van der Waals surface area contributed by atoms with Gasteiger partial charge in [-0.15, -0.1) is 11.3 Å². The summed E-state index contributed by atoms with van der Waals surface area (Å²) in [6.45, 7) is 2.22. The van der Waals surface area contributed by atoms with Crippen molar-refractivity contribution >= 4 is 28.3 Å². The third-order valence-electron chi connectivity index (χ3n) is 4.69. The van der Waals surface area contributed by atoms with E-state index in [1.165, 1.54) is 22.3 Å². The number of benzene rings is 1. The molecular formula is C21H22N2O3S. The van der Waals surface area contributed by atoms with E-state index in [-0.39, 0.29) is 5.91 Å². The van der Waals surface area contributed by atoms with Crippen molar-refractivity contribution < 1.29 is 14.3 Å². The van der Waals surface area contributed by atoms with Crippen LogP contribution in [0.25, 0.3) is 6.08 Å². The van der Waals surface area contributed by atoms with Crippen LogP contribution >= 0.6 is 11.3 Å². The van der Waals surface area contributed by atoms with Crippen LogP contribution in [0.4, 0.5) is 5.00 Å². The summed E-state index contributed by atoms with van der Waals surface area (Å²) < 4.78 is 10.5. The molecular weight excluding hydrogens is 360 g/mol. The zero-order valence-electron chi connectivity index (χ0n) is 15.7. The maximum absolute atomic E-state index is 12.4. The number of nitrogens with zero attached hydrogens (tertiary/aromatic N) is 1. The maximum Gasteiger partial charge on any atom is 0.249 e. The highest BCUT2D eigenvalue weighted by Gasteiger charge is 2.24. The third-order valence-corrected chi connectivity index (χ3v) is 5.86. The molecule has 0 spiro atoms. The van der Waals surface area contributed by atoms with Crippen molar-refractivity contribution in [2.45, 2.75) is 26.2 Å². The number of anilines is 1. The molecule has 5 nitrogen and oxygen atoms in total. The molecule has 1 aliphatic carbocycles. The largest absolute Gasteiger partial charge is 0.493 e. The summed E-state index contributed by atoms with van der Waals surface area (Å²) in [5, 5.41) is 13.0. The second kappa shape index (κ2) is 8.28. The Hall–Kier alpha value is -2.78. The average molecular weight is 382 g/mol. The first kappa shape index (κ1) is 19.0. The molecule has 1 aliphatic rings. The van der Waals surface area contributed by atoms with E-state index < -0.39 is 0 Å². The number of amides is 1. The van der Waals surface area contributed by atoms with E-state index in [4.69, 9.17) is 9.47 Å². The topological polar surface area (TPSA) is 71.3 Å². The van der Waals surface area contributed by atoms with Gasteiger partial charge in [-0.3, -0.25) is 4.79 Å². The van der Waals surface area contributed by atoms with E-state index in [0.29, 0.717) is 28.0 Å². The van der Waals surface area contributed by atoms with Gasteiger partial charge in [0.25, 0.3) is 0 Å². The second-order valence-corrected chi connectivity index (χ2v) is 7.71.